The molecule has 126 valence electrons. The highest BCUT2D eigenvalue weighted by atomic mass is 19.1. The largest absolute Gasteiger partial charge is 0.493 e. The zero-order valence-corrected chi connectivity index (χ0v) is 13.3. The summed E-state index contributed by atoms with van der Waals surface area (Å²) in [6, 6.07) is 12.5. The summed E-state index contributed by atoms with van der Waals surface area (Å²) < 4.78 is 29.7. The summed E-state index contributed by atoms with van der Waals surface area (Å²) in [5, 5.41) is 3.46. The van der Waals surface area contributed by atoms with Crippen LogP contribution in [0.3, 0.4) is 0 Å². The molecule has 2 atom stereocenters. The van der Waals surface area contributed by atoms with E-state index in [1.165, 1.54) is 17.7 Å². The van der Waals surface area contributed by atoms with E-state index in [1.807, 2.05) is 30.3 Å². The van der Waals surface area contributed by atoms with Gasteiger partial charge in [0.25, 0.3) is 0 Å². The molecule has 2 aliphatic heterocycles. The first-order chi connectivity index (χ1) is 11.8. The Labute approximate surface area is 140 Å². The van der Waals surface area contributed by atoms with Gasteiger partial charge in [0.05, 0.1) is 6.61 Å². The van der Waals surface area contributed by atoms with Crippen LogP contribution >= 0.6 is 0 Å². The van der Waals surface area contributed by atoms with Crippen LogP contribution in [0.25, 0.3) is 0 Å². The van der Waals surface area contributed by atoms with Gasteiger partial charge in [-0.25, -0.2) is 4.39 Å². The molecule has 0 radical (unpaired) electrons. The zero-order valence-electron chi connectivity index (χ0n) is 13.3. The van der Waals surface area contributed by atoms with Crippen molar-refractivity contribution in [2.45, 2.75) is 12.3 Å². The first-order valence-electron chi connectivity index (χ1n) is 8.26. The lowest BCUT2D eigenvalue weighted by Gasteiger charge is -2.30. The van der Waals surface area contributed by atoms with Crippen molar-refractivity contribution in [3.8, 4) is 17.2 Å². The van der Waals surface area contributed by atoms with E-state index in [2.05, 4.69) is 5.32 Å². The first kappa shape index (κ1) is 15.3. The fraction of sp³-hybridized carbons (Fsp3) is 0.368. The highest BCUT2D eigenvalue weighted by Crippen LogP contribution is 2.35. The number of hydrogen-bond acceptors (Lipinski definition) is 4. The van der Waals surface area contributed by atoms with Crippen LogP contribution in [0.5, 0.6) is 17.2 Å². The molecule has 1 N–H and O–H groups in total. The molecule has 0 aliphatic carbocycles. The molecule has 1 fully saturated rings. The number of halogens is 1. The van der Waals surface area contributed by atoms with Gasteiger partial charge in [0.1, 0.15) is 11.6 Å². The van der Waals surface area contributed by atoms with Crippen LogP contribution in [0.2, 0.25) is 0 Å². The Morgan fingerprint density at radius 3 is 2.75 bits per heavy atom. The predicted molar refractivity (Wildman–Crippen MR) is 88.2 cm³/mol. The van der Waals surface area contributed by atoms with Gasteiger partial charge in [-0.05, 0) is 42.2 Å². The summed E-state index contributed by atoms with van der Waals surface area (Å²) in [7, 11) is 0. The number of benzene rings is 2. The van der Waals surface area contributed by atoms with E-state index in [4.69, 9.17) is 14.2 Å². The standard InChI is InChI=1S/C19H20FNO3/c20-16-3-1-14(2-4-16)15-7-13(9-21-10-15)11-22-17-5-6-18-19(8-17)24-12-23-18/h1-6,8,13,15,21H,7,9-12H2/t13-,15-/m0/s1. The van der Waals surface area contributed by atoms with Crippen molar-refractivity contribution in [1.82, 2.24) is 5.32 Å². The summed E-state index contributed by atoms with van der Waals surface area (Å²) in [5.41, 5.74) is 1.18. The highest BCUT2D eigenvalue weighted by Gasteiger charge is 2.24. The van der Waals surface area contributed by atoms with E-state index >= 15 is 0 Å². The molecule has 5 heteroatoms. The average molecular weight is 329 g/mol. The van der Waals surface area contributed by atoms with Gasteiger partial charge in [-0.15, -0.1) is 0 Å². The van der Waals surface area contributed by atoms with Gasteiger partial charge >= 0.3 is 0 Å². The molecular weight excluding hydrogens is 309 g/mol. The van der Waals surface area contributed by atoms with Crippen LogP contribution < -0.4 is 19.5 Å². The van der Waals surface area contributed by atoms with Gasteiger partial charge < -0.3 is 19.5 Å². The number of rotatable bonds is 4. The SMILES string of the molecule is Fc1ccc([C@@H]2CNC[C@@H](COc3ccc4c(c3)OCO4)C2)cc1. The second kappa shape index (κ2) is 6.69. The Morgan fingerprint density at radius 1 is 1.04 bits per heavy atom. The number of nitrogens with one attached hydrogen (secondary N) is 1. The van der Waals surface area contributed by atoms with Gasteiger partial charge in [0.2, 0.25) is 6.79 Å². The Kier molecular flexibility index (Phi) is 4.26. The molecule has 2 heterocycles. The molecule has 4 rings (SSSR count). The fourth-order valence-electron chi connectivity index (χ4n) is 3.33. The molecular formula is C19H20FNO3. The Bertz CT molecular complexity index is 704. The topological polar surface area (TPSA) is 39.7 Å². The number of piperidine rings is 1. The maximum atomic E-state index is 13.1. The third kappa shape index (κ3) is 3.31. The van der Waals surface area contributed by atoms with Crippen molar-refractivity contribution in [2.75, 3.05) is 26.5 Å². The lowest BCUT2D eigenvalue weighted by Crippen LogP contribution is -2.37. The van der Waals surface area contributed by atoms with Crippen LogP contribution in [0.4, 0.5) is 4.39 Å². The van der Waals surface area contributed by atoms with E-state index in [0.29, 0.717) is 18.4 Å². The smallest absolute Gasteiger partial charge is 0.231 e. The summed E-state index contributed by atoms with van der Waals surface area (Å²) in [6.07, 6.45) is 1.03. The van der Waals surface area contributed by atoms with Crippen molar-refractivity contribution in [2.24, 2.45) is 5.92 Å². The molecule has 0 bridgehead atoms. The van der Waals surface area contributed by atoms with E-state index < -0.39 is 0 Å². The lowest BCUT2D eigenvalue weighted by atomic mass is 9.86. The molecule has 2 aliphatic rings. The van der Waals surface area contributed by atoms with Crippen molar-refractivity contribution in [3.63, 3.8) is 0 Å². The van der Waals surface area contributed by atoms with Crippen LogP contribution in [0.15, 0.2) is 42.5 Å². The molecule has 0 spiro atoms. The fourth-order valence-corrected chi connectivity index (χ4v) is 3.33. The number of ether oxygens (including phenoxy) is 3. The Morgan fingerprint density at radius 2 is 1.88 bits per heavy atom. The van der Waals surface area contributed by atoms with Crippen LogP contribution in [-0.2, 0) is 0 Å². The third-order valence-electron chi connectivity index (χ3n) is 4.61. The third-order valence-corrected chi connectivity index (χ3v) is 4.61. The molecule has 0 amide bonds. The summed E-state index contributed by atoms with van der Waals surface area (Å²) in [5.74, 6) is 2.91. The van der Waals surface area contributed by atoms with E-state index in [-0.39, 0.29) is 12.6 Å². The monoisotopic (exact) mass is 329 g/mol. The van der Waals surface area contributed by atoms with Gasteiger partial charge in [-0.3, -0.25) is 0 Å². The van der Waals surface area contributed by atoms with E-state index in [9.17, 15) is 4.39 Å². The average Bonchev–Trinajstić information content (AvgIpc) is 3.08. The first-order valence-corrected chi connectivity index (χ1v) is 8.26. The van der Waals surface area contributed by atoms with Crippen molar-refractivity contribution in [1.29, 1.82) is 0 Å². The highest BCUT2D eigenvalue weighted by molar-refractivity contribution is 5.46. The lowest BCUT2D eigenvalue weighted by molar-refractivity contribution is 0.173. The molecule has 1 saturated heterocycles. The molecule has 2 aromatic rings. The van der Waals surface area contributed by atoms with Gasteiger partial charge in [0, 0.05) is 25.1 Å². The number of fused-ring (bicyclic) bond motifs is 1. The molecule has 0 unspecified atom stereocenters. The minimum absolute atomic E-state index is 0.190. The zero-order chi connectivity index (χ0) is 16.4. The van der Waals surface area contributed by atoms with Crippen LogP contribution in [0.1, 0.15) is 17.9 Å². The summed E-state index contributed by atoms with van der Waals surface area (Å²) >= 11 is 0. The van der Waals surface area contributed by atoms with Crippen LogP contribution in [0, 0.1) is 11.7 Å². The second-order valence-corrected chi connectivity index (χ2v) is 6.33. The van der Waals surface area contributed by atoms with Gasteiger partial charge in [0.15, 0.2) is 11.5 Å². The summed E-state index contributed by atoms with van der Waals surface area (Å²) in [4.78, 5) is 0. The predicted octanol–water partition coefficient (Wildman–Crippen LogP) is 3.33. The molecule has 0 aromatic heterocycles. The normalized spacial score (nSPS) is 22.4. The molecule has 0 saturated carbocycles. The maximum absolute atomic E-state index is 13.1. The molecule has 24 heavy (non-hydrogen) atoms. The van der Waals surface area contributed by atoms with Crippen molar-refractivity contribution >= 4 is 0 Å². The van der Waals surface area contributed by atoms with E-state index in [1.54, 1.807) is 0 Å². The molecule has 2 aromatic carbocycles. The van der Waals surface area contributed by atoms with Crippen molar-refractivity contribution in [3.05, 3.63) is 53.8 Å². The van der Waals surface area contributed by atoms with Gasteiger partial charge in [-0.1, -0.05) is 12.1 Å². The quantitative estimate of drug-likeness (QED) is 0.934. The van der Waals surface area contributed by atoms with Crippen molar-refractivity contribution < 1.29 is 18.6 Å². The number of hydrogen-bond donors (Lipinski definition) is 1. The second-order valence-electron chi connectivity index (χ2n) is 6.33. The molecule has 4 nitrogen and oxygen atoms in total. The van der Waals surface area contributed by atoms with Crippen LogP contribution in [-0.4, -0.2) is 26.5 Å². The minimum atomic E-state index is -0.190. The summed E-state index contributed by atoms with van der Waals surface area (Å²) in [6.45, 7) is 2.77. The Balaban J connectivity index is 1.35. The van der Waals surface area contributed by atoms with Gasteiger partial charge in [-0.2, -0.15) is 0 Å². The minimum Gasteiger partial charge on any atom is -0.493 e. The maximum Gasteiger partial charge on any atom is 0.231 e. The van der Waals surface area contributed by atoms with E-state index in [0.717, 1.165) is 36.8 Å². The Hall–Kier alpha value is -2.27.